The number of sulfone groups is 1. The molecule has 1 aromatic carbocycles. The second kappa shape index (κ2) is 5.03. The van der Waals surface area contributed by atoms with Gasteiger partial charge in [0.1, 0.15) is 0 Å². The highest BCUT2D eigenvalue weighted by Crippen LogP contribution is 2.82. The van der Waals surface area contributed by atoms with Crippen molar-refractivity contribution in [1.29, 1.82) is 0 Å². The molecule has 5 aliphatic rings. The van der Waals surface area contributed by atoms with E-state index in [9.17, 15) is 8.42 Å². The first kappa shape index (κ1) is 17.4. The van der Waals surface area contributed by atoms with Gasteiger partial charge in [-0.1, -0.05) is 39.0 Å². The van der Waals surface area contributed by atoms with Crippen molar-refractivity contribution in [3.8, 4) is 0 Å². The predicted molar refractivity (Wildman–Crippen MR) is 105 cm³/mol. The van der Waals surface area contributed by atoms with Crippen molar-refractivity contribution in [3.63, 3.8) is 0 Å². The summed E-state index contributed by atoms with van der Waals surface area (Å²) in [5.74, 6) is 3.47. The molecule has 0 aliphatic heterocycles. The SMILES string of the molecule is CC(C)(C)[Si](C)(C)O[C@H]1[C@H]2[C@H]3[C@@H]4C[C@@H](S(=O)(=O)c5ccccc5)[C@H]([C@H]32)[C@@H]41. The molecule has 0 saturated heterocycles. The normalized spacial score (nSPS) is 43.1. The molecule has 5 fully saturated rings. The molecule has 3 nitrogen and oxygen atoms in total. The number of rotatable bonds is 4. The molecule has 0 N–H and O–H groups in total. The van der Waals surface area contributed by atoms with Gasteiger partial charge in [-0.25, -0.2) is 8.42 Å². The summed E-state index contributed by atoms with van der Waals surface area (Å²) in [6.45, 7) is 11.5. The van der Waals surface area contributed by atoms with E-state index in [0.717, 1.165) is 12.3 Å². The van der Waals surface area contributed by atoms with Crippen LogP contribution in [0.3, 0.4) is 0 Å². The number of hydrogen-bond donors (Lipinski definition) is 0. The van der Waals surface area contributed by atoms with Gasteiger partial charge in [0.15, 0.2) is 18.2 Å². The smallest absolute Gasteiger partial charge is 0.192 e. The molecule has 0 amide bonds. The molecular weight excluding hydrogens is 360 g/mol. The lowest BCUT2D eigenvalue weighted by atomic mass is 9.99. The summed E-state index contributed by atoms with van der Waals surface area (Å²) < 4.78 is 33.4. The van der Waals surface area contributed by atoms with Crippen LogP contribution in [0.15, 0.2) is 35.2 Å². The highest BCUT2D eigenvalue weighted by atomic mass is 32.2. The first-order valence-corrected chi connectivity index (χ1v) is 14.5. The topological polar surface area (TPSA) is 43.4 Å². The molecule has 0 spiro atoms. The molecule has 8 atom stereocenters. The first-order chi connectivity index (χ1) is 12.1. The van der Waals surface area contributed by atoms with Crippen molar-refractivity contribution >= 4 is 18.2 Å². The van der Waals surface area contributed by atoms with Gasteiger partial charge in [0.2, 0.25) is 0 Å². The summed E-state index contributed by atoms with van der Waals surface area (Å²) in [6.07, 6.45) is 1.19. The Labute approximate surface area is 158 Å². The van der Waals surface area contributed by atoms with Gasteiger partial charge in [-0.15, -0.1) is 0 Å². The summed E-state index contributed by atoms with van der Waals surface area (Å²) in [4.78, 5) is 0.508. The summed E-state index contributed by atoms with van der Waals surface area (Å²) in [5, 5.41) is 0.0259. The molecule has 6 rings (SSSR count). The maximum absolute atomic E-state index is 13.3. The quantitative estimate of drug-likeness (QED) is 0.718. The lowest BCUT2D eigenvalue weighted by molar-refractivity contribution is 0.128. The van der Waals surface area contributed by atoms with Crippen molar-refractivity contribution in [2.45, 2.75) is 61.6 Å². The van der Waals surface area contributed by atoms with E-state index in [0.29, 0.717) is 40.6 Å². The maximum atomic E-state index is 13.3. The predicted octanol–water partition coefficient (Wildman–Crippen LogP) is 4.36. The van der Waals surface area contributed by atoms with E-state index in [2.05, 4.69) is 33.9 Å². The summed E-state index contributed by atoms with van der Waals surface area (Å²) in [7, 11) is -5.03. The van der Waals surface area contributed by atoms with E-state index in [1.165, 1.54) is 0 Å². The van der Waals surface area contributed by atoms with E-state index in [1.54, 1.807) is 12.1 Å². The van der Waals surface area contributed by atoms with Crippen LogP contribution in [0.2, 0.25) is 18.1 Å². The van der Waals surface area contributed by atoms with E-state index in [-0.39, 0.29) is 10.3 Å². The molecule has 0 radical (unpaired) electrons. The van der Waals surface area contributed by atoms with Gasteiger partial charge in [-0.05, 0) is 72.2 Å². The van der Waals surface area contributed by atoms with Crippen LogP contribution in [-0.4, -0.2) is 28.1 Å². The van der Waals surface area contributed by atoms with E-state index in [4.69, 9.17) is 4.43 Å². The standard InChI is InChI=1S/C21H30O3SSi/c1-21(2,3)26(4,5)24-20-16-13-11-14(17(16)18-15(13)19(18)20)25(22,23)12-9-7-6-8-10-12/h6-10,13-20H,11H2,1-5H3/t13-,14+,15-,16+,17-,18-,19-,20+/m0/s1. The van der Waals surface area contributed by atoms with Gasteiger partial charge in [-0.3, -0.25) is 0 Å². The van der Waals surface area contributed by atoms with E-state index < -0.39 is 18.2 Å². The third-order valence-corrected chi connectivity index (χ3v) is 15.2. The Balaban J connectivity index is 1.42. The largest absolute Gasteiger partial charge is 0.413 e. The third kappa shape index (κ3) is 2.05. The fourth-order valence-corrected chi connectivity index (χ4v) is 9.94. The van der Waals surface area contributed by atoms with Crippen LogP contribution < -0.4 is 0 Å². The van der Waals surface area contributed by atoms with Crippen molar-refractivity contribution in [1.82, 2.24) is 0 Å². The molecule has 0 aromatic heterocycles. The molecule has 5 heteroatoms. The van der Waals surface area contributed by atoms with Gasteiger partial charge < -0.3 is 4.43 Å². The van der Waals surface area contributed by atoms with Gasteiger partial charge in [0.25, 0.3) is 0 Å². The average molecular weight is 391 g/mol. The van der Waals surface area contributed by atoms with Gasteiger partial charge >= 0.3 is 0 Å². The number of hydrogen-bond acceptors (Lipinski definition) is 3. The molecule has 26 heavy (non-hydrogen) atoms. The summed E-state index contributed by atoms with van der Waals surface area (Å²) in [6, 6.07) is 9.09. The lowest BCUT2D eigenvalue weighted by Crippen LogP contribution is -2.45. The molecule has 5 saturated carbocycles. The zero-order chi connectivity index (χ0) is 18.6. The van der Waals surface area contributed by atoms with Crippen LogP contribution in [0.1, 0.15) is 27.2 Å². The summed E-state index contributed by atoms with van der Waals surface area (Å²) >= 11 is 0. The van der Waals surface area contributed by atoms with Crippen LogP contribution in [-0.2, 0) is 14.3 Å². The second-order valence-electron chi connectivity index (χ2n) is 10.5. The molecule has 142 valence electrons. The third-order valence-electron chi connectivity index (χ3n) is 8.47. The fraction of sp³-hybridized carbons (Fsp3) is 0.714. The maximum Gasteiger partial charge on any atom is 0.192 e. The Morgan fingerprint density at radius 2 is 1.62 bits per heavy atom. The van der Waals surface area contributed by atoms with E-state index >= 15 is 0 Å². The Kier molecular flexibility index (Phi) is 3.38. The zero-order valence-corrected chi connectivity index (χ0v) is 18.2. The highest BCUT2D eigenvalue weighted by molar-refractivity contribution is 7.92. The Hall–Kier alpha value is -0.653. The second-order valence-corrected chi connectivity index (χ2v) is 17.4. The molecule has 0 heterocycles. The van der Waals surface area contributed by atoms with Crippen molar-refractivity contribution in [3.05, 3.63) is 30.3 Å². The van der Waals surface area contributed by atoms with Crippen LogP contribution >= 0.6 is 0 Å². The monoisotopic (exact) mass is 390 g/mol. The van der Waals surface area contributed by atoms with E-state index in [1.807, 2.05) is 18.2 Å². The van der Waals surface area contributed by atoms with Crippen LogP contribution in [0.25, 0.3) is 0 Å². The average Bonchev–Trinajstić information content (AvgIpc) is 2.79. The van der Waals surface area contributed by atoms with Crippen LogP contribution in [0.4, 0.5) is 0 Å². The van der Waals surface area contributed by atoms with Crippen molar-refractivity contribution in [2.75, 3.05) is 0 Å². The minimum atomic E-state index is -3.22. The van der Waals surface area contributed by atoms with Crippen molar-refractivity contribution in [2.24, 2.45) is 35.5 Å². The lowest BCUT2D eigenvalue weighted by Gasteiger charge is -2.39. The molecule has 5 aliphatic carbocycles. The molecule has 6 bridgehead atoms. The molecular formula is C21H30O3SSi. The highest BCUT2D eigenvalue weighted by Gasteiger charge is 2.83. The minimum Gasteiger partial charge on any atom is -0.413 e. The Morgan fingerprint density at radius 3 is 2.19 bits per heavy atom. The first-order valence-electron chi connectivity index (χ1n) is 10.0. The van der Waals surface area contributed by atoms with Gasteiger partial charge in [-0.2, -0.15) is 0 Å². The van der Waals surface area contributed by atoms with Gasteiger partial charge in [0.05, 0.1) is 16.2 Å². The Morgan fingerprint density at radius 1 is 0.962 bits per heavy atom. The van der Waals surface area contributed by atoms with Crippen LogP contribution in [0, 0.1) is 35.5 Å². The minimum absolute atomic E-state index is 0.181. The molecule has 0 unspecified atom stereocenters. The summed E-state index contributed by atoms with van der Waals surface area (Å²) in [5.41, 5.74) is 0. The zero-order valence-electron chi connectivity index (χ0n) is 16.3. The Bertz CT molecular complexity index is 842. The van der Waals surface area contributed by atoms with Crippen LogP contribution in [0.5, 0.6) is 0 Å². The molecule has 1 aromatic rings. The number of benzene rings is 1. The van der Waals surface area contributed by atoms with Gasteiger partial charge in [0, 0.05) is 0 Å². The fourth-order valence-electron chi connectivity index (χ4n) is 6.45. The van der Waals surface area contributed by atoms with Crippen molar-refractivity contribution < 1.29 is 12.8 Å².